The molecule has 0 bridgehead atoms. The lowest BCUT2D eigenvalue weighted by molar-refractivity contribution is -0.106. The van der Waals surface area contributed by atoms with E-state index in [9.17, 15) is 32.4 Å². The molecule has 7 aromatic carbocycles. The first-order chi connectivity index (χ1) is 69.7. The standard InChI is InChI=1S/C31H31B2N5O7S.C16H25NO4.C15H23NO4.C14H19ClN2O3.C14H20N2O3.C10H15NO2/c1-18(2)46(40,41)22-13-11-21(12-14-22)24-16-34-27(31(33-45-31)36-28-32-43-28)26(35-24)25-15-23(37-44-25)20-9-7-19(8-10-20)17-38(6)29(39)42-30(3,4)5;1-16(2,3)21-15(18)17(4)11-12-7-9-13(10-8-12)14(19-5)20-6;1-15(2,3)20-14(17)16-10-11-6-8-12(9-7-11)13(18-4)19-5;1-14(2,3)20-13(18)17(4)9-10-5-7-11(8-6-10)12(15)16-19;1-14(2,3)19-13(17)16(4)10-12-7-5-11(6-8-12)9-15-18;1-12-10(13-2)9-5-3-8(7-11)4-6-9/h7-16,18H,17H2,1-6H3;7-10,14H,11H2,1-6H3;6-9,13H,10H2,1-5H3,(H,16,17);5-8,19H,9H2,1-4H3;5-9,18H,10H2,1-4H3;3-6,10H,7,11H2,1-2H3/b;;;16-12-;15-9+;/i17D2;11D2;10D2;9D2;10D2;7D2. The van der Waals surface area contributed by atoms with E-state index < -0.39 is 137 Å². The van der Waals surface area contributed by atoms with Gasteiger partial charge in [-0.15, -0.1) is 0 Å². The average Bonchev–Trinajstić information content (AvgIpc) is 1.58. The zero-order valence-corrected chi connectivity index (χ0v) is 84.7. The molecule has 0 aliphatic carbocycles. The maximum atomic E-state index is 12.6. The molecule has 2 aromatic heterocycles. The predicted octanol–water partition coefficient (Wildman–Crippen LogP) is 18.9. The summed E-state index contributed by atoms with van der Waals surface area (Å²) in [5.41, 5.74) is 8.49. The smallest absolute Gasteiger partial charge is 0.474 e. The number of methoxy groups -OCH3 is 6. The van der Waals surface area contributed by atoms with Crippen LogP contribution >= 0.6 is 11.6 Å². The van der Waals surface area contributed by atoms with Crippen LogP contribution in [-0.4, -0.2) is 220 Å². The average molecular weight is 1970 g/mol. The number of rotatable bonds is 29. The van der Waals surface area contributed by atoms with Gasteiger partial charge in [0.25, 0.3) is 0 Å². The highest BCUT2D eigenvalue weighted by atomic mass is 35.5. The van der Waals surface area contributed by atoms with Gasteiger partial charge < -0.3 is 107 Å². The minimum atomic E-state index is -3.45. The van der Waals surface area contributed by atoms with Crippen LogP contribution in [0.4, 0.5) is 24.0 Å². The first-order valence-corrected chi connectivity index (χ1v) is 44.9. The molecule has 139 heavy (non-hydrogen) atoms. The van der Waals surface area contributed by atoms with Crippen LogP contribution in [0.5, 0.6) is 0 Å². The second-order valence-electron chi connectivity index (χ2n) is 35.5. The lowest BCUT2D eigenvalue weighted by Gasteiger charge is -2.24. The molecule has 0 spiro atoms. The number of aliphatic imine (C=N–C) groups is 1. The monoisotopic (exact) mass is 1970 g/mol. The van der Waals surface area contributed by atoms with Crippen LogP contribution in [0, 0.1) is 0 Å². The van der Waals surface area contributed by atoms with Crippen molar-refractivity contribution in [2.45, 2.75) is 219 Å². The number of aromatic nitrogens is 3. The van der Waals surface area contributed by atoms with Crippen LogP contribution in [0.15, 0.2) is 207 Å². The normalized spacial score (nSPS) is 15.6. The van der Waals surface area contributed by atoms with E-state index in [0.717, 1.165) is 36.3 Å². The molecule has 2 aliphatic heterocycles. The van der Waals surface area contributed by atoms with Crippen molar-refractivity contribution < 1.29 is 125 Å². The second kappa shape index (κ2) is 53.1. The second-order valence-corrected chi connectivity index (χ2v) is 38.3. The Morgan fingerprint density at radius 1 is 0.525 bits per heavy atom. The molecular formula is C100H133B2ClN12O23S. The zero-order chi connectivity index (χ0) is 114. The number of carbonyl (C=O) groups excluding carboxylic acids is 5. The molecule has 39 heteroatoms. The van der Waals surface area contributed by atoms with Crippen molar-refractivity contribution >= 4 is 84.1 Å². The summed E-state index contributed by atoms with van der Waals surface area (Å²) in [6.45, 7) is 16.9. The molecule has 35 nitrogen and oxygen atoms in total. The Morgan fingerprint density at radius 3 is 1.21 bits per heavy atom. The lowest BCUT2D eigenvalue weighted by Crippen LogP contribution is -2.33. The van der Waals surface area contributed by atoms with Crippen molar-refractivity contribution in [2.24, 2.45) is 21.0 Å². The molecule has 0 saturated carbocycles. The van der Waals surface area contributed by atoms with Crippen LogP contribution < -0.4 is 11.1 Å². The van der Waals surface area contributed by atoms with E-state index in [1.807, 2.05) is 0 Å². The topological polar surface area (TPSA) is 426 Å². The van der Waals surface area contributed by atoms with Crippen molar-refractivity contribution in [3.05, 3.63) is 249 Å². The summed E-state index contributed by atoms with van der Waals surface area (Å²) in [4.78, 5) is 78.0. The van der Waals surface area contributed by atoms with Crippen molar-refractivity contribution in [2.75, 3.05) is 70.8 Å². The fourth-order valence-electron chi connectivity index (χ4n) is 11.2. The number of carbonyl (C=O) groups is 5. The van der Waals surface area contributed by atoms with Gasteiger partial charge in [0, 0.05) is 152 Å². The fraction of sp³-hybridized carbons (Fsp3) is 0.430. The molecule has 750 valence electrons. The number of sulfone groups is 1. The van der Waals surface area contributed by atoms with Crippen molar-refractivity contribution in [1.82, 2.24) is 40.0 Å². The van der Waals surface area contributed by atoms with Crippen LogP contribution in [0.2, 0.25) is 0 Å². The summed E-state index contributed by atoms with van der Waals surface area (Å²) >= 11 is 5.66. The van der Waals surface area contributed by atoms with E-state index >= 15 is 0 Å². The van der Waals surface area contributed by atoms with Crippen molar-refractivity contribution in [1.29, 1.82) is 0 Å². The Kier molecular flexibility index (Phi) is 37.0. The molecule has 1 atom stereocenters. The lowest BCUT2D eigenvalue weighted by atomic mass is 9.91. The quantitative estimate of drug-likeness (QED) is 0.00643. The minimum Gasteiger partial charge on any atom is -0.549 e. The number of nitrogens with one attached hydrogen (secondary N) is 1. The SMILES string of the molecule is [2H]C([2H])(N)c1ccc(C(OC)OC)cc1.[2H]C([2H])(NC(=O)OC(C)(C)C)c1ccc(C(OC)OC)cc1.[2H]C([2H])(c1ccc(-c2cc(-c3nc(-c4ccc(S(=O)(=O)C(C)C)cc4)cnc3C3(N=C4[B]O4)[B]O3)on2)cc1)N(C)C(=O)OC(C)(C)C.[2H]C([2H])(c1ccc(/C(Cl)=N/O)cc1)N(C)C(=O)OC(C)(C)C.[2H]C([2H])(c1ccc(/C=N/O)cc1)N(C)C(=O)OC(C)(C)C.[2H]C([2H])(c1ccc(C(OC)OC)cc1)N(C)C(=O)OC(C)(C)C. The van der Waals surface area contributed by atoms with E-state index in [0.29, 0.717) is 67.4 Å². The van der Waals surface area contributed by atoms with E-state index in [1.165, 1.54) is 133 Å². The van der Waals surface area contributed by atoms with E-state index in [-0.39, 0.29) is 32.6 Å². The number of alkyl carbamates (subject to hydrolysis) is 1. The number of benzene rings is 7. The van der Waals surface area contributed by atoms with Gasteiger partial charge >= 0.3 is 45.4 Å². The molecular weight excluding hydrogens is 1830 g/mol. The largest absolute Gasteiger partial charge is 0.549 e. The molecule has 4 heterocycles. The highest BCUT2D eigenvalue weighted by molar-refractivity contribution is 7.92. The van der Waals surface area contributed by atoms with Gasteiger partial charge in [0.2, 0.25) is 0 Å². The Labute approximate surface area is 839 Å². The highest BCUT2D eigenvalue weighted by Gasteiger charge is 2.55. The third-order valence-corrected chi connectivity index (χ3v) is 20.3. The highest BCUT2D eigenvalue weighted by Crippen LogP contribution is 2.43. The van der Waals surface area contributed by atoms with Crippen LogP contribution in [0.3, 0.4) is 0 Å². The first-order valence-electron chi connectivity index (χ1n) is 49.0. The molecule has 2 fully saturated rings. The van der Waals surface area contributed by atoms with Crippen molar-refractivity contribution in [3.63, 3.8) is 0 Å². The molecule has 5 amide bonds. The third-order valence-electron chi connectivity index (χ3n) is 17.9. The molecule has 1 unspecified atom stereocenters. The molecule has 11 rings (SSSR count). The molecule has 9 aromatic rings. The summed E-state index contributed by atoms with van der Waals surface area (Å²) in [7, 11) is 14.1. The van der Waals surface area contributed by atoms with Crippen LogP contribution in [0.25, 0.3) is 34.0 Å². The van der Waals surface area contributed by atoms with Gasteiger partial charge in [-0.2, -0.15) is 0 Å². The number of nitrogens with zero attached hydrogens (tertiary/aromatic N) is 10. The van der Waals surface area contributed by atoms with Crippen molar-refractivity contribution in [3.8, 4) is 34.0 Å². The van der Waals surface area contributed by atoms with Gasteiger partial charge in [-0.3, -0.25) is 4.98 Å². The fourth-order valence-corrected chi connectivity index (χ4v) is 12.4. The summed E-state index contributed by atoms with van der Waals surface area (Å²) in [6, 6.07) is 46.5. The van der Waals surface area contributed by atoms with Gasteiger partial charge in [0.1, 0.15) is 45.1 Å². The number of ether oxygens (including phenoxy) is 11. The van der Waals surface area contributed by atoms with Crippen LogP contribution in [0.1, 0.15) is 220 Å². The van der Waals surface area contributed by atoms with Crippen LogP contribution in [-0.2, 0) is 116 Å². The maximum Gasteiger partial charge on any atom is 0.474 e. The number of oxime groups is 2. The Hall–Kier alpha value is -12.4. The minimum absolute atomic E-state index is 0.104. The first kappa shape index (κ1) is 96.9. The number of nitrogens with two attached hydrogens (primary N) is 1. The third kappa shape index (κ3) is 39.8. The van der Waals surface area contributed by atoms with Gasteiger partial charge in [-0.25, -0.2) is 42.4 Å². The number of amides is 5. The summed E-state index contributed by atoms with van der Waals surface area (Å²) < 4.78 is 195. The van der Waals surface area contributed by atoms with Gasteiger partial charge in [0.05, 0.1) is 42.0 Å². The number of hydrogen-bond acceptors (Lipinski definition) is 30. The van der Waals surface area contributed by atoms with E-state index in [2.05, 4.69) is 30.8 Å². The summed E-state index contributed by atoms with van der Waals surface area (Å²) in [6.07, 6.45) is -2.52. The molecule has 2 saturated heterocycles. The predicted molar refractivity (Wildman–Crippen MR) is 531 cm³/mol. The zero-order valence-electron chi connectivity index (χ0n) is 95.2. The van der Waals surface area contributed by atoms with Gasteiger partial charge in [-0.1, -0.05) is 185 Å². The Bertz CT molecular complexity index is 6200. The van der Waals surface area contributed by atoms with E-state index in [4.69, 9.17) is 115 Å². The number of halogens is 1. The molecule has 2 aliphatic rings. The Balaban J connectivity index is 0.000000291. The van der Waals surface area contributed by atoms with Gasteiger partial charge in [-0.05, 0) is 169 Å². The maximum absolute atomic E-state index is 12.6. The summed E-state index contributed by atoms with van der Waals surface area (Å²) in [5.74, 6) is 0.639. The summed E-state index contributed by atoms with van der Waals surface area (Å²) in [5, 5.41) is 28.6. The van der Waals surface area contributed by atoms with E-state index in [1.54, 1.807) is 259 Å². The molecule has 2 radical (unpaired) electrons. The molecule has 5 N–H and O–H groups in total. The van der Waals surface area contributed by atoms with Gasteiger partial charge in [0.15, 0.2) is 51.1 Å². The number of hydrogen-bond donors (Lipinski definition) is 4. The Morgan fingerprint density at radius 2 is 0.871 bits per heavy atom.